The van der Waals surface area contributed by atoms with Crippen LogP contribution in [-0.2, 0) is 22.4 Å². The van der Waals surface area contributed by atoms with E-state index in [9.17, 15) is 14.4 Å². The number of carbonyl (C=O) groups excluding carboxylic acids is 2. The van der Waals surface area contributed by atoms with Crippen LogP contribution in [0.2, 0.25) is 5.02 Å². The van der Waals surface area contributed by atoms with Gasteiger partial charge in [0.2, 0.25) is 0 Å². The molecular weight excluding hydrogens is 410 g/mol. The molecule has 0 saturated heterocycles. The average molecular weight is 436 g/mol. The second-order valence-electron chi connectivity index (χ2n) is 8.77. The third-order valence-electron chi connectivity index (χ3n) is 4.83. The molecule has 2 aromatic rings. The largest absolute Gasteiger partial charge is 0.444 e. The molecule has 1 amide bonds. The van der Waals surface area contributed by atoms with E-state index in [1.807, 2.05) is 0 Å². The van der Waals surface area contributed by atoms with Gasteiger partial charge in [0.25, 0.3) is 0 Å². The summed E-state index contributed by atoms with van der Waals surface area (Å²) in [6.07, 6.45) is 1.64. The number of carbonyl (C=O) groups is 2. The van der Waals surface area contributed by atoms with Gasteiger partial charge in [-0.2, -0.15) is 0 Å². The Morgan fingerprint density at radius 1 is 1.17 bits per heavy atom. The van der Waals surface area contributed by atoms with Gasteiger partial charge >= 0.3 is 17.7 Å². The molecule has 0 saturated carbocycles. The van der Waals surface area contributed by atoms with Crippen LogP contribution in [0.5, 0.6) is 5.75 Å². The van der Waals surface area contributed by atoms with Crippen LogP contribution < -0.4 is 15.7 Å². The minimum absolute atomic E-state index is 0.0619. The molecule has 7 nitrogen and oxygen atoms in total. The first-order valence-corrected chi connectivity index (χ1v) is 10.3. The summed E-state index contributed by atoms with van der Waals surface area (Å²) < 4.78 is 16.1. The van der Waals surface area contributed by atoms with E-state index in [2.05, 4.69) is 5.32 Å². The number of hydrogen-bond acceptors (Lipinski definition) is 6. The van der Waals surface area contributed by atoms with E-state index < -0.39 is 23.7 Å². The van der Waals surface area contributed by atoms with Gasteiger partial charge in [-0.25, -0.2) is 14.4 Å². The number of esters is 1. The van der Waals surface area contributed by atoms with Crippen LogP contribution in [0.4, 0.5) is 4.79 Å². The summed E-state index contributed by atoms with van der Waals surface area (Å²) in [5.41, 5.74) is 0.863. The predicted octanol–water partition coefficient (Wildman–Crippen LogP) is 4.39. The summed E-state index contributed by atoms with van der Waals surface area (Å²) in [6.45, 7) is 8.74. The van der Waals surface area contributed by atoms with Crippen molar-refractivity contribution < 1.29 is 23.5 Å². The van der Waals surface area contributed by atoms with Gasteiger partial charge in [-0.3, -0.25) is 0 Å². The zero-order chi connectivity index (χ0) is 22.2. The maximum Gasteiger partial charge on any atom is 0.408 e. The third-order valence-corrected chi connectivity index (χ3v) is 5.12. The maximum atomic E-state index is 12.8. The Morgan fingerprint density at radius 2 is 1.83 bits per heavy atom. The fourth-order valence-corrected chi connectivity index (χ4v) is 3.67. The number of rotatable bonds is 4. The number of nitrogens with one attached hydrogen (secondary N) is 1. The SMILES string of the molecule is CC(C)C(NC(=O)OC(C)(C)C)C(=O)Oc1cc2oc(=O)c3c(c2cc1Cl)CCC3. The number of aryl methyl sites for hydroxylation is 1. The quantitative estimate of drug-likeness (QED) is 0.434. The number of amides is 1. The molecule has 1 N–H and O–H groups in total. The lowest BCUT2D eigenvalue weighted by Crippen LogP contribution is -2.48. The van der Waals surface area contributed by atoms with E-state index in [1.54, 1.807) is 40.7 Å². The summed E-state index contributed by atoms with van der Waals surface area (Å²) in [4.78, 5) is 37.1. The molecule has 1 unspecified atom stereocenters. The summed E-state index contributed by atoms with van der Waals surface area (Å²) in [7, 11) is 0. The molecule has 3 rings (SSSR count). The highest BCUT2D eigenvalue weighted by atomic mass is 35.5. The highest BCUT2D eigenvalue weighted by Crippen LogP contribution is 2.35. The molecule has 1 atom stereocenters. The van der Waals surface area contributed by atoms with Crippen molar-refractivity contribution in [3.63, 3.8) is 0 Å². The lowest BCUT2D eigenvalue weighted by Gasteiger charge is -2.24. The van der Waals surface area contributed by atoms with Gasteiger partial charge in [0, 0.05) is 17.0 Å². The lowest BCUT2D eigenvalue weighted by molar-refractivity contribution is -0.137. The van der Waals surface area contributed by atoms with Gasteiger partial charge in [-0.05, 0) is 57.6 Å². The first-order valence-electron chi connectivity index (χ1n) is 9.95. The van der Waals surface area contributed by atoms with Crippen LogP contribution >= 0.6 is 11.6 Å². The highest BCUT2D eigenvalue weighted by Gasteiger charge is 2.29. The molecular formula is C22H26ClNO6. The number of benzene rings is 1. The van der Waals surface area contributed by atoms with Crippen LogP contribution in [0.25, 0.3) is 11.0 Å². The number of ether oxygens (including phenoxy) is 2. The molecule has 8 heteroatoms. The molecule has 0 radical (unpaired) electrons. The Morgan fingerprint density at radius 3 is 2.47 bits per heavy atom. The Kier molecular flexibility index (Phi) is 6.13. The van der Waals surface area contributed by atoms with Crippen LogP contribution in [0.15, 0.2) is 21.3 Å². The second kappa shape index (κ2) is 8.30. The molecule has 1 aromatic carbocycles. The third kappa shape index (κ3) is 4.78. The van der Waals surface area contributed by atoms with Gasteiger partial charge in [0.1, 0.15) is 17.2 Å². The van der Waals surface area contributed by atoms with Crippen molar-refractivity contribution in [1.29, 1.82) is 0 Å². The van der Waals surface area contributed by atoms with Crippen molar-refractivity contribution in [1.82, 2.24) is 5.32 Å². The zero-order valence-electron chi connectivity index (χ0n) is 17.8. The van der Waals surface area contributed by atoms with E-state index in [4.69, 9.17) is 25.5 Å². The van der Waals surface area contributed by atoms with E-state index in [0.29, 0.717) is 17.6 Å². The number of fused-ring (bicyclic) bond motifs is 3. The molecule has 1 heterocycles. The van der Waals surface area contributed by atoms with Crippen molar-refractivity contribution in [2.45, 2.75) is 65.5 Å². The van der Waals surface area contributed by atoms with E-state index in [-0.39, 0.29) is 22.3 Å². The molecule has 1 aromatic heterocycles. The predicted molar refractivity (Wildman–Crippen MR) is 113 cm³/mol. The molecule has 0 spiro atoms. The van der Waals surface area contributed by atoms with Crippen LogP contribution in [0.1, 0.15) is 52.2 Å². The van der Waals surface area contributed by atoms with Crippen molar-refractivity contribution in [3.8, 4) is 5.75 Å². The Bertz CT molecular complexity index is 1050. The van der Waals surface area contributed by atoms with Gasteiger partial charge < -0.3 is 19.2 Å². The number of hydrogen-bond donors (Lipinski definition) is 1. The normalized spacial score (nSPS) is 14.5. The Balaban J connectivity index is 1.86. The van der Waals surface area contributed by atoms with Crippen LogP contribution in [0.3, 0.4) is 0 Å². The zero-order valence-corrected chi connectivity index (χ0v) is 18.5. The van der Waals surface area contributed by atoms with Crippen molar-refractivity contribution >= 4 is 34.6 Å². The first kappa shape index (κ1) is 22.2. The minimum Gasteiger partial charge on any atom is -0.444 e. The Labute approximate surface area is 179 Å². The highest BCUT2D eigenvalue weighted by molar-refractivity contribution is 6.33. The fourth-order valence-electron chi connectivity index (χ4n) is 3.47. The summed E-state index contributed by atoms with van der Waals surface area (Å²) >= 11 is 6.36. The summed E-state index contributed by atoms with van der Waals surface area (Å²) in [5.74, 6) is -0.891. The molecule has 162 valence electrons. The smallest absolute Gasteiger partial charge is 0.408 e. The fraction of sp³-hybridized carbons (Fsp3) is 0.500. The standard InChI is InChI=1S/C22H26ClNO6/c1-11(2)18(24-21(27)30-22(3,4)5)20(26)29-17-10-16-14(9-15(17)23)12-7-6-8-13(12)19(25)28-16/h9-11,18H,6-8H2,1-5H3,(H,24,27). The molecule has 0 fully saturated rings. The monoisotopic (exact) mass is 435 g/mol. The first-order chi connectivity index (χ1) is 14.0. The van der Waals surface area contributed by atoms with Crippen molar-refractivity contribution in [2.75, 3.05) is 0 Å². The molecule has 0 aliphatic heterocycles. The lowest BCUT2D eigenvalue weighted by atomic mass is 10.0. The average Bonchev–Trinajstić information content (AvgIpc) is 3.10. The van der Waals surface area contributed by atoms with Gasteiger partial charge in [0.15, 0.2) is 5.75 Å². The van der Waals surface area contributed by atoms with E-state index in [1.165, 1.54) is 6.07 Å². The second-order valence-corrected chi connectivity index (χ2v) is 9.18. The topological polar surface area (TPSA) is 94.8 Å². The number of alkyl carbamates (subject to hydrolysis) is 1. The Hall–Kier alpha value is -2.54. The van der Waals surface area contributed by atoms with Crippen LogP contribution in [0, 0.1) is 5.92 Å². The van der Waals surface area contributed by atoms with Crippen molar-refractivity contribution in [3.05, 3.63) is 38.7 Å². The van der Waals surface area contributed by atoms with E-state index >= 15 is 0 Å². The molecule has 1 aliphatic carbocycles. The van der Waals surface area contributed by atoms with E-state index in [0.717, 1.165) is 23.8 Å². The van der Waals surface area contributed by atoms with Gasteiger partial charge in [-0.15, -0.1) is 0 Å². The number of halogens is 1. The molecule has 30 heavy (non-hydrogen) atoms. The molecule has 1 aliphatic rings. The molecule has 0 bridgehead atoms. The van der Waals surface area contributed by atoms with Gasteiger partial charge in [0.05, 0.1) is 5.02 Å². The van der Waals surface area contributed by atoms with Crippen LogP contribution in [-0.4, -0.2) is 23.7 Å². The van der Waals surface area contributed by atoms with Gasteiger partial charge in [-0.1, -0.05) is 25.4 Å². The summed E-state index contributed by atoms with van der Waals surface area (Å²) in [5, 5.41) is 3.51. The minimum atomic E-state index is -0.946. The maximum absolute atomic E-state index is 12.8. The summed E-state index contributed by atoms with van der Waals surface area (Å²) in [6, 6.07) is 2.15. The van der Waals surface area contributed by atoms with Crippen molar-refractivity contribution in [2.24, 2.45) is 5.92 Å².